The first-order valence-electron chi connectivity index (χ1n) is 7.17. The molecule has 0 saturated carbocycles. The molecule has 0 fully saturated rings. The smallest absolute Gasteiger partial charge is 0.163 e. The molecule has 0 unspecified atom stereocenters. The van der Waals surface area contributed by atoms with E-state index in [1.807, 2.05) is 24.0 Å². The summed E-state index contributed by atoms with van der Waals surface area (Å²) in [6, 6.07) is 10.2. The van der Waals surface area contributed by atoms with Crippen molar-refractivity contribution < 1.29 is 9.47 Å². The number of hydrogen-bond acceptors (Lipinski definition) is 5. The van der Waals surface area contributed by atoms with Crippen LogP contribution in [0.5, 0.6) is 11.5 Å². The van der Waals surface area contributed by atoms with Crippen molar-refractivity contribution in [2.75, 3.05) is 14.2 Å². The van der Waals surface area contributed by atoms with Gasteiger partial charge in [-0.15, -0.1) is 11.3 Å². The molecule has 0 spiro atoms. The summed E-state index contributed by atoms with van der Waals surface area (Å²) < 4.78 is 14.0. The molecule has 5 nitrogen and oxygen atoms in total. The number of imidazole rings is 1. The fraction of sp³-hybridized carbons (Fsp3) is 0.176. The Kier molecular flexibility index (Phi) is 3.38. The molecule has 4 aromatic rings. The lowest BCUT2D eigenvalue weighted by atomic mass is 10.2. The van der Waals surface area contributed by atoms with Gasteiger partial charge in [0.1, 0.15) is 0 Å². The van der Waals surface area contributed by atoms with Gasteiger partial charge >= 0.3 is 0 Å². The van der Waals surface area contributed by atoms with E-state index in [0.717, 1.165) is 23.1 Å². The van der Waals surface area contributed by atoms with Gasteiger partial charge in [-0.25, -0.2) is 9.97 Å². The van der Waals surface area contributed by atoms with Crippen LogP contribution < -0.4 is 9.47 Å². The fourth-order valence-electron chi connectivity index (χ4n) is 2.71. The summed E-state index contributed by atoms with van der Waals surface area (Å²) >= 11 is 1.66. The zero-order chi connectivity index (χ0) is 15.8. The van der Waals surface area contributed by atoms with Crippen LogP contribution in [0.1, 0.15) is 5.56 Å². The minimum absolute atomic E-state index is 0.691. The van der Waals surface area contributed by atoms with Gasteiger partial charge in [-0.1, -0.05) is 6.07 Å². The van der Waals surface area contributed by atoms with E-state index in [2.05, 4.69) is 32.7 Å². The molecule has 4 rings (SSSR count). The van der Waals surface area contributed by atoms with E-state index in [1.54, 1.807) is 25.6 Å². The van der Waals surface area contributed by atoms with E-state index >= 15 is 0 Å². The van der Waals surface area contributed by atoms with Crippen molar-refractivity contribution >= 4 is 32.6 Å². The predicted octanol–water partition coefficient (Wildman–Crippen LogP) is 3.71. The molecular formula is C17H15N3O2S. The van der Waals surface area contributed by atoms with Gasteiger partial charge in [0.25, 0.3) is 0 Å². The van der Waals surface area contributed by atoms with E-state index in [4.69, 9.17) is 9.47 Å². The molecule has 0 aliphatic heterocycles. The Morgan fingerprint density at radius 2 is 1.83 bits per heavy atom. The van der Waals surface area contributed by atoms with Crippen LogP contribution in [0.3, 0.4) is 0 Å². The average Bonchev–Trinajstić information content (AvgIpc) is 3.20. The molecule has 0 aliphatic rings. The third-order valence-corrected chi connectivity index (χ3v) is 4.67. The number of aromatic nitrogens is 3. The first-order valence-corrected chi connectivity index (χ1v) is 8.05. The third kappa shape index (κ3) is 2.41. The van der Waals surface area contributed by atoms with Crippen LogP contribution in [-0.2, 0) is 6.54 Å². The molecule has 0 saturated heterocycles. The number of methoxy groups -OCH3 is 2. The van der Waals surface area contributed by atoms with Crippen molar-refractivity contribution in [2.24, 2.45) is 0 Å². The normalized spacial score (nSPS) is 11.2. The lowest BCUT2D eigenvalue weighted by Crippen LogP contribution is -1.98. The summed E-state index contributed by atoms with van der Waals surface area (Å²) in [7, 11) is 3.27. The monoisotopic (exact) mass is 325 g/mol. The lowest BCUT2D eigenvalue weighted by molar-refractivity contribution is 0.355. The summed E-state index contributed by atoms with van der Waals surface area (Å²) in [6.07, 6.45) is 1.85. The van der Waals surface area contributed by atoms with Gasteiger partial charge in [0, 0.05) is 18.7 Å². The molecule has 2 aromatic carbocycles. The Hall–Kier alpha value is -2.60. The predicted molar refractivity (Wildman–Crippen MR) is 91.6 cm³/mol. The quantitative estimate of drug-likeness (QED) is 0.574. The average molecular weight is 325 g/mol. The molecular weight excluding hydrogens is 310 g/mol. The minimum atomic E-state index is 0.691. The highest BCUT2D eigenvalue weighted by Gasteiger charge is 2.11. The van der Waals surface area contributed by atoms with Crippen molar-refractivity contribution in [3.05, 3.63) is 47.7 Å². The van der Waals surface area contributed by atoms with E-state index in [1.165, 1.54) is 10.3 Å². The van der Waals surface area contributed by atoms with Crippen LogP contribution in [-0.4, -0.2) is 28.8 Å². The van der Waals surface area contributed by atoms with Crippen molar-refractivity contribution in [2.45, 2.75) is 6.54 Å². The summed E-state index contributed by atoms with van der Waals surface area (Å²) in [5.74, 6) is 1.40. The van der Waals surface area contributed by atoms with Crippen molar-refractivity contribution in [1.82, 2.24) is 14.5 Å². The third-order valence-electron chi connectivity index (χ3n) is 3.87. The lowest BCUT2D eigenvalue weighted by Gasteiger charge is -2.09. The molecule has 2 aromatic heterocycles. The number of benzene rings is 2. The molecule has 116 valence electrons. The maximum Gasteiger partial charge on any atom is 0.163 e. The second-order valence-electron chi connectivity index (χ2n) is 5.22. The molecule has 0 radical (unpaired) electrons. The molecule has 0 N–H and O–H groups in total. The zero-order valence-electron chi connectivity index (χ0n) is 12.8. The van der Waals surface area contributed by atoms with Gasteiger partial charge in [-0.05, 0) is 17.7 Å². The number of rotatable bonds is 4. The standard InChI is InChI=1S/C17H15N3O2S/c1-21-15-6-13-14(7-16(15)22-2)20(9-18-13)8-11-3-4-12-17(5-11)23-10-19-12/h3-7,9-10H,8H2,1-2H3. The summed E-state index contributed by atoms with van der Waals surface area (Å²) in [6.45, 7) is 0.750. The number of ether oxygens (including phenoxy) is 2. The Balaban J connectivity index is 1.76. The number of thiazole rings is 1. The molecule has 6 heteroatoms. The van der Waals surface area contributed by atoms with Gasteiger partial charge in [-0.3, -0.25) is 0 Å². The Labute approximate surface area is 137 Å². The highest BCUT2D eigenvalue weighted by molar-refractivity contribution is 7.16. The molecule has 0 amide bonds. The maximum atomic E-state index is 5.39. The number of hydrogen-bond donors (Lipinski definition) is 0. The van der Waals surface area contributed by atoms with Gasteiger partial charge in [-0.2, -0.15) is 0 Å². The van der Waals surface area contributed by atoms with Gasteiger partial charge in [0.05, 0.1) is 47.3 Å². The van der Waals surface area contributed by atoms with Crippen molar-refractivity contribution in [1.29, 1.82) is 0 Å². The summed E-state index contributed by atoms with van der Waals surface area (Å²) in [5.41, 5.74) is 6.04. The van der Waals surface area contributed by atoms with Crippen LogP contribution in [0.15, 0.2) is 42.2 Å². The molecule has 0 atom stereocenters. The van der Waals surface area contributed by atoms with E-state index in [0.29, 0.717) is 11.5 Å². The van der Waals surface area contributed by atoms with Crippen LogP contribution >= 0.6 is 11.3 Å². The first kappa shape index (κ1) is 14.0. The largest absolute Gasteiger partial charge is 0.493 e. The van der Waals surface area contributed by atoms with E-state index in [-0.39, 0.29) is 0 Å². The first-order chi connectivity index (χ1) is 11.3. The summed E-state index contributed by atoms with van der Waals surface area (Å²) in [5, 5.41) is 0. The van der Waals surface area contributed by atoms with E-state index in [9.17, 15) is 0 Å². The second-order valence-corrected chi connectivity index (χ2v) is 6.11. The number of fused-ring (bicyclic) bond motifs is 2. The highest BCUT2D eigenvalue weighted by atomic mass is 32.1. The zero-order valence-corrected chi connectivity index (χ0v) is 13.6. The minimum Gasteiger partial charge on any atom is -0.493 e. The second kappa shape index (κ2) is 5.55. The van der Waals surface area contributed by atoms with Crippen LogP contribution in [0.4, 0.5) is 0 Å². The van der Waals surface area contributed by atoms with E-state index < -0.39 is 0 Å². The maximum absolute atomic E-state index is 5.39. The summed E-state index contributed by atoms with van der Waals surface area (Å²) in [4.78, 5) is 8.79. The Bertz CT molecular complexity index is 990. The highest BCUT2D eigenvalue weighted by Crippen LogP contribution is 2.32. The molecule has 23 heavy (non-hydrogen) atoms. The van der Waals surface area contributed by atoms with Crippen molar-refractivity contribution in [3.63, 3.8) is 0 Å². The van der Waals surface area contributed by atoms with Crippen LogP contribution in [0.25, 0.3) is 21.3 Å². The van der Waals surface area contributed by atoms with Crippen LogP contribution in [0.2, 0.25) is 0 Å². The van der Waals surface area contributed by atoms with Gasteiger partial charge < -0.3 is 14.0 Å². The van der Waals surface area contributed by atoms with Crippen molar-refractivity contribution in [3.8, 4) is 11.5 Å². The SMILES string of the molecule is COc1cc2ncn(Cc3ccc4ncsc4c3)c2cc1OC. The van der Waals surface area contributed by atoms with Gasteiger partial charge in [0.2, 0.25) is 0 Å². The Morgan fingerprint density at radius 1 is 1.00 bits per heavy atom. The molecule has 0 aliphatic carbocycles. The topological polar surface area (TPSA) is 49.2 Å². The van der Waals surface area contributed by atoms with Crippen LogP contribution in [0, 0.1) is 0 Å². The Morgan fingerprint density at radius 3 is 2.65 bits per heavy atom. The fourth-order valence-corrected chi connectivity index (χ4v) is 3.45. The number of nitrogens with zero attached hydrogens (tertiary/aromatic N) is 3. The molecule has 0 bridgehead atoms. The molecule has 2 heterocycles. The van der Waals surface area contributed by atoms with Gasteiger partial charge in [0.15, 0.2) is 11.5 Å².